The Morgan fingerprint density at radius 2 is 2.05 bits per heavy atom. The maximum Gasteiger partial charge on any atom is 0.216 e. The molecule has 1 aliphatic carbocycles. The lowest BCUT2D eigenvalue weighted by atomic mass is 9.83. The molecule has 1 aromatic rings. The van der Waals surface area contributed by atoms with E-state index in [2.05, 4.69) is 11.6 Å². The normalized spacial score (nSPS) is 22.8. The van der Waals surface area contributed by atoms with Gasteiger partial charge in [-0.15, -0.1) is 0 Å². The van der Waals surface area contributed by atoms with Crippen LogP contribution in [0.2, 0.25) is 0 Å². The van der Waals surface area contributed by atoms with E-state index < -0.39 is 10.0 Å². The lowest BCUT2D eigenvalue weighted by molar-refractivity contribution is 0.270. The molecule has 1 fully saturated rings. The molecule has 3 N–H and O–H groups in total. The van der Waals surface area contributed by atoms with Gasteiger partial charge < -0.3 is 5.73 Å². The molecule has 2 rings (SSSR count). The van der Waals surface area contributed by atoms with Gasteiger partial charge in [-0.3, -0.25) is 0 Å². The van der Waals surface area contributed by atoms with Crippen LogP contribution in [0.5, 0.6) is 0 Å². The van der Waals surface area contributed by atoms with Crippen molar-refractivity contribution < 1.29 is 8.42 Å². The fraction of sp³-hybridized carbons (Fsp3) is 0.462. The van der Waals surface area contributed by atoms with Crippen molar-refractivity contribution in [1.29, 1.82) is 0 Å². The van der Waals surface area contributed by atoms with Gasteiger partial charge in [-0.1, -0.05) is 43.4 Å². The van der Waals surface area contributed by atoms with Crippen LogP contribution in [0.1, 0.15) is 30.9 Å². The molecule has 0 heterocycles. The molecular weight excluding hydrogens is 280 g/mol. The van der Waals surface area contributed by atoms with E-state index in [1.807, 2.05) is 0 Å². The Bertz CT molecular complexity index is 578. The van der Waals surface area contributed by atoms with Gasteiger partial charge in [0.05, 0.1) is 5.75 Å². The summed E-state index contributed by atoms with van der Waals surface area (Å²) >= 11 is 4.94. The monoisotopic (exact) mass is 298 g/mol. The summed E-state index contributed by atoms with van der Waals surface area (Å²) in [6, 6.07) is 7.16. The maximum atomic E-state index is 12.1. The van der Waals surface area contributed by atoms with Gasteiger partial charge in [-0.25, -0.2) is 13.1 Å². The zero-order chi connectivity index (χ0) is 14.0. The minimum Gasteiger partial charge on any atom is -0.389 e. The van der Waals surface area contributed by atoms with Crippen LogP contribution >= 0.6 is 12.2 Å². The van der Waals surface area contributed by atoms with Gasteiger partial charge >= 0.3 is 0 Å². The highest BCUT2D eigenvalue weighted by molar-refractivity contribution is 7.88. The Hall–Kier alpha value is -0.980. The minimum atomic E-state index is -3.34. The third-order valence-corrected chi connectivity index (χ3v) is 4.95. The molecule has 0 aliphatic heterocycles. The number of nitrogens with one attached hydrogen (secondary N) is 1. The largest absolute Gasteiger partial charge is 0.389 e. The van der Waals surface area contributed by atoms with E-state index in [9.17, 15) is 8.42 Å². The van der Waals surface area contributed by atoms with Gasteiger partial charge in [0.15, 0.2) is 0 Å². The van der Waals surface area contributed by atoms with Crippen LogP contribution in [-0.4, -0.2) is 19.4 Å². The van der Waals surface area contributed by atoms with Gasteiger partial charge in [0, 0.05) is 11.6 Å². The molecule has 0 atom stereocenters. The SMILES string of the molecule is CC1CC(NS(=O)(=O)Cc2ccccc2C(N)=S)C1. The summed E-state index contributed by atoms with van der Waals surface area (Å²) in [4.78, 5) is 0.225. The van der Waals surface area contributed by atoms with E-state index in [1.54, 1.807) is 24.3 Å². The first-order valence-corrected chi connectivity index (χ1v) is 8.31. The minimum absolute atomic E-state index is 0.0780. The Morgan fingerprint density at radius 1 is 1.42 bits per heavy atom. The predicted molar refractivity (Wildman–Crippen MR) is 80.3 cm³/mol. The standard InChI is InChI=1S/C13H18N2O2S2/c1-9-6-11(7-9)15-19(16,17)8-10-4-2-3-5-12(10)13(14)18/h2-5,9,11,15H,6-8H2,1H3,(H2,14,18). The molecule has 1 aliphatic rings. The van der Waals surface area contributed by atoms with Crippen molar-refractivity contribution in [3.8, 4) is 0 Å². The van der Waals surface area contributed by atoms with Gasteiger partial charge in [0.2, 0.25) is 10.0 Å². The maximum absolute atomic E-state index is 12.1. The highest BCUT2D eigenvalue weighted by atomic mass is 32.2. The third-order valence-electron chi connectivity index (χ3n) is 3.35. The second-order valence-corrected chi connectivity index (χ2v) is 7.37. The molecule has 0 bridgehead atoms. The number of sulfonamides is 1. The summed E-state index contributed by atoms with van der Waals surface area (Å²) in [7, 11) is -3.34. The molecule has 0 aromatic heterocycles. The molecule has 0 amide bonds. The summed E-state index contributed by atoms with van der Waals surface area (Å²) in [6.45, 7) is 2.12. The lowest BCUT2D eigenvalue weighted by Gasteiger charge is -2.32. The molecule has 0 spiro atoms. The second kappa shape index (κ2) is 5.56. The van der Waals surface area contributed by atoms with Crippen molar-refractivity contribution in [2.24, 2.45) is 11.7 Å². The second-order valence-electron chi connectivity index (χ2n) is 5.17. The van der Waals surface area contributed by atoms with E-state index in [0.29, 0.717) is 17.0 Å². The Kier molecular flexibility index (Phi) is 4.23. The Morgan fingerprint density at radius 3 is 2.63 bits per heavy atom. The van der Waals surface area contributed by atoms with Crippen LogP contribution in [-0.2, 0) is 15.8 Å². The summed E-state index contributed by atoms with van der Waals surface area (Å²) in [5, 5.41) is 0. The summed E-state index contributed by atoms with van der Waals surface area (Å²) in [5.74, 6) is 0.530. The van der Waals surface area contributed by atoms with E-state index in [0.717, 1.165) is 12.8 Å². The fourth-order valence-electron chi connectivity index (χ4n) is 2.39. The highest BCUT2D eigenvalue weighted by Gasteiger charge is 2.29. The average Bonchev–Trinajstić information content (AvgIpc) is 2.26. The number of rotatable bonds is 5. The summed E-state index contributed by atoms with van der Waals surface area (Å²) in [5.41, 5.74) is 6.88. The van der Waals surface area contributed by atoms with Crippen LogP contribution in [0.3, 0.4) is 0 Å². The van der Waals surface area contributed by atoms with Gasteiger partial charge in [-0.2, -0.15) is 0 Å². The highest BCUT2D eigenvalue weighted by Crippen LogP contribution is 2.27. The van der Waals surface area contributed by atoms with Gasteiger partial charge in [0.25, 0.3) is 0 Å². The first kappa shape index (κ1) is 14.4. The summed E-state index contributed by atoms with van der Waals surface area (Å²) in [6.07, 6.45) is 1.83. The van der Waals surface area contributed by atoms with Gasteiger partial charge in [0.1, 0.15) is 4.99 Å². The predicted octanol–water partition coefficient (Wildman–Crippen LogP) is 1.54. The number of hydrogen-bond donors (Lipinski definition) is 2. The Labute approximate surface area is 119 Å². The molecular formula is C13H18N2O2S2. The van der Waals surface area contributed by atoms with Crippen molar-refractivity contribution in [3.05, 3.63) is 35.4 Å². The summed E-state index contributed by atoms with van der Waals surface area (Å²) < 4.78 is 26.9. The zero-order valence-corrected chi connectivity index (χ0v) is 12.4. The Balaban J connectivity index is 2.09. The molecule has 1 aromatic carbocycles. The molecule has 104 valence electrons. The van der Waals surface area contributed by atoms with Crippen LogP contribution in [0.25, 0.3) is 0 Å². The van der Waals surface area contributed by atoms with Crippen LogP contribution in [0.15, 0.2) is 24.3 Å². The number of hydrogen-bond acceptors (Lipinski definition) is 3. The van der Waals surface area contributed by atoms with E-state index in [1.165, 1.54) is 0 Å². The topological polar surface area (TPSA) is 72.2 Å². The van der Waals surface area contributed by atoms with Crippen molar-refractivity contribution in [1.82, 2.24) is 4.72 Å². The van der Waals surface area contributed by atoms with Crippen LogP contribution in [0.4, 0.5) is 0 Å². The molecule has 6 heteroatoms. The van der Waals surface area contributed by atoms with Crippen LogP contribution in [0, 0.1) is 5.92 Å². The lowest BCUT2D eigenvalue weighted by Crippen LogP contribution is -2.43. The average molecular weight is 298 g/mol. The van der Waals surface area contributed by atoms with Gasteiger partial charge in [-0.05, 0) is 24.3 Å². The molecule has 0 unspecified atom stereocenters. The van der Waals surface area contributed by atoms with E-state index in [4.69, 9.17) is 18.0 Å². The third kappa shape index (κ3) is 3.75. The first-order valence-electron chi connectivity index (χ1n) is 6.25. The van der Waals surface area contributed by atoms with Crippen LogP contribution < -0.4 is 10.5 Å². The van der Waals surface area contributed by atoms with Crippen molar-refractivity contribution in [2.45, 2.75) is 31.6 Å². The number of benzene rings is 1. The molecule has 0 radical (unpaired) electrons. The molecule has 0 saturated heterocycles. The van der Waals surface area contributed by atoms with E-state index in [-0.39, 0.29) is 16.8 Å². The number of nitrogens with two attached hydrogens (primary N) is 1. The fourth-order valence-corrected chi connectivity index (χ4v) is 4.03. The van der Waals surface area contributed by atoms with Crippen molar-refractivity contribution in [3.63, 3.8) is 0 Å². The smallest absolute Gasteiger partial charge is 0.216 e. The molecule has 1 saturated carbocycles. The zero-order valence-electron chi connectivity index (χ0n) is 10.8. The molecule has 4 nitrogen and oxygen atoms in total. The first-order chi connectivity index (χ1) is 8.87. The molecule has 19 heavy (non-hydrogen) atoms. The van der Waals surface area contributed by atoms with Crippen molar-refractivity contribution in [2.75, 3.05) is 0 Å². The van der Waals surface area contributed by atoms with E-state index >= 15 is 0 Å². The van der Waals surface area contributed by atoms with Crippen molar-refractivity contribution >= 4 is 27.2 Å². The number of thiocarbonyl (C=S) groups is 1. The quantitative estimate of drug-likeness (QED) is 0.809.